The molecule has 156 valence electrons. The monoisotopic (exact) mass is 415 g/mol. The number of carbonyl (C=O) groups is 2. The summed E-state index contributed by atoms with van der Waals surface area (Å²) in [6.07, 6.45) is 4.07. The number of hydrogen-bond donors (Lipinski definition) is 1. The largest absolute Gasteiger partial charge is 0.494 e. The number of amides is 1. The summed E-state index contributed by atoms with van der Waals surface area (Å²) in [5, 5.41) is 3.59. The Morgan fingerprint density at radius 1 is 1.31 bits per heavy atom. The van der Waals surface area contributed by atoms with Crippen LogP contribution in [0.5, 0.6) is 5.75 Å². The van der Waals surface area contributed by atoms with Crippen molar-refractivity contribution < 1.29 is 19.1 Å². The molecule has 1 heterocycles. The van der Waals surface area contributed by atoms with E-state index in [0.29, 0.717) is 42.5 Å². The van der Waals surface area contributed by atoms with Crippen LogP contribution in [0.1, 0.15) is 71.8 Å². The van der Waals surface area contributed by atoms with Gasteiger partial charge >= 0.3 is 5.97 Å². The van der Waals surface area contributed by atoms with Gasteiger partial charge in [-0.05, 0) is 68.7 Å². The van der Waals surface area contributed by atoms with E-state index in [4.69, 9.17) is 9.47 Å². The van der Waals surface area contributed by atoms with Crippen LogP contribution in [0.25, 0.3) is 0 Å². The van der Waals surface area contributed by atoms with Crippen molar-refractivity contribution in [2.24, 2.45) is 0 Å². The van der Waals surface area contributed by atoms with Crippen molar-refractivity contribution in [1.29, 1.82) is 0 Å². The lowest BCUT2D eigenvalue weighted by Gasteiger charge is -2.19. The van der Waals surface area contributed by atoms with E-state index >= 15 is 0 Å². The fraction of sp³-hybridized carbons (Fsp3) is 0.478. The Bertz CT molecular complexity index is 874. The van der Waals surface area contributed by atoms with Gasteiger partial charge in [-0.15, -0.1) is 11.3 Å². The van der Waals surface area contributed by atoms with Crippen LogP contribution >= 0.6 is 11.3 Å². The molecule has 0 aliphatic heterocycles. The van der Waals surface area contributed by atoms with Crippen LogP contribution in [0, 0.1) is 6.92 Å². The highest BCUT2D eigenvalue weighted by Crippen LogP contribution is 2.43. The first-order chi connectivity index (χ1) is 14.0. The predicted molar refractivity (Wildman–Crippen MR) is 116 cm³/mol. The number of thiophene rings is 1. The van der Waals surface area contributed by atoms with E-state index in [1.165, 1.54) is 16.2 Å². The molecule has 1 unspecified atom stereocenters. The van der Waals surface area contributed by atoms with Gasteiger partial charge in [0.2, 0.25) is 5.91 Å². The first-order valence-corrected chi connectivity index (χ1v) is 11.1. The summed E-state index contributed by atoms with van der Waals surface area (Å²) in [5.41, 5.74) is 2.77. The number of benzene rings is 1. The third-order valence-corrected chi connectivity index (χ3v) is 6.28. The molecule has 0 radical (unpaired) electrons. The van der Waals surface area contributed by atoms with Crippen LogP contribution in [0.2, 0.25) is 0 Å². The number of rotatable bonds is 8. The van der Waals surface area contributed by atoms with E-state index in [9.17, 15) is 9.59 Å². The normalized spacial score (nSPS) is 15.5. The van der Waals surface area contributed by atoms with Gasteiger partial charge < -0.3 is 14.8 Å². The molecule has 1 aliphatic rings. The predicted octanol–water partition coefficient (Wildman–Crippen LogP) is 5.47. The van der Waals surface area contributed by atoms with E-state index in [2.05, 4.69) is 12.2 Å². The molecule has 1 aliphatic carbocycles. The fourth-order valence-corrected chi connectivity index (χ4v) is 5.09. The first-order valence-electron chi connectivity index (χ1n) is 10.3. The minimum atomic E-state index is -0.336. The summed E-state index contributed by atoms with van der Waals surface area (Å²) in [7, 11) is 0. The standard InChI is InChI=1S/C23H29NO4S/c1-4-27-23(26)21-20-16(3)9-6-11-18(20)29-22(21)24-19(25)12-7-13-28-17-10-5-8-15(2)14-17/h5,8,10,14,16H,4,6-7,9,11-13H2,1-3H3,(H,24,25). The van der Waals surface area contributed by atoms with Crippen LogP contribution in [0.15, 0.2) is 24.3 Å². The van der Waals surface area contributed by atoms with E-state index in [1.54, 1.807) is 6.92 Å². The molecule has 0 saturated carbocycles. The molecule has 5 nitrogen and oxygen atoms in total. The molecule has 1 aromatic heterocycles. The average molecular weight is 416 g/mol. The number of hydrogen-bond acceptors (Lipinski definition) is 5. The molecule has 1 atom stereocenters. The lowest BCUT2D eigenvalue weighted by atomic mass is 9.86. The van der Waals surface area contributed by atoms with E-state index in [0.717, 1.165) is 36.1 Å². The van der Waals surface area contributed by atoms with Crippen molar-refractivity contribution in [1.82, 2.24) is 0 Å². The third kappa shape index (κ3) is 5.38. The number of esters is 1. The van der Waals surface area contributed by atoms with Gasteiger partial charge in [0.15, 0.2) is 0 Å². The van der Waals surface area contributed by atoms with Crippen LogP contribution < -0.4 is 10.1 Å². The first kappa shape index (κ1) is 21.4. The van der Waals surface area contributed by atoms with Crippen molar-refractivity contribution in [3.63, 3.8) is 0 Å². The highest BCUT2D eigenvalue weighted by Gasteiger charge is 2.30. The zero-order valence-electron chi connectivity index (χ0n) is 17.4. The Balaban J connectivity index is 1.61. The Labute approximate surface area is 176 Å². The van der Waals surface area contributed by atoms with Crippen LogP contribution in [0.3, 0.4) is 0 Å². The van der Waals surface area contributed by atoms with Crippen LogP contribution in [-0.2, 0) is 16.0 Å². The van der Waals surface area contributed by atoms with Crippen molar-refractivity contribution in [3.8, 4) is 5.75 Å². The summed E-state index contributed by atoms with van der Waals surface area (Å²) in [4.78, 5) is 26.3. The molecular weight excluding hydrogens is 386 g/mol. The topological polar surface area (TPSA) is 64.6 Å². The lowest BCUT2D eigenvalue weighted by Crippen LogP contribution is -2.17. The highest BCUT2D eigenvalue weighted by molar-refractivity contribution is 7.17. The van der Waals surface area contributed by atoms with Gasteiger partial charge in [0.25, 0.3) is 0 Å². The second kappa shape index (κ2) is 9.92. The maximum Gasteiger partial charge on any atom is 0.341 e. The second-order valence-electron chi connectivity index (χ2n) is 7.47. The van der Waals surface area contributed by atoms with Gasteiger partial charge in [-0.25, -0.2) is 4.79 Å². The SMILES string of the molecule is CCOC(=O)c1c(NC(=O)CCCOc2cccc(C)c2)sc2c1C(C)CCC2. The van der Waals surface area contributed by atoms with Crippen molar-refractivity contribution in [2.45, 2.75) is 58.8 Å². The summed E-state index contributed by atoms with van der Waals surface area (Å²) < 4.78 is 11.0. The molecule has 0 fully saturated rings. The number of aryl methyl sites for hydroxylation is 2. The molecule has 2 aromatic rings. The van der Waals surface area contributed by atoms with Gasteiger partial charge in [-0.1, -0.05) is 19.1 Å². The van der Waals surface area contributed by atoms with Crippen molar-refractivity contribution in [3.05, 3.63) is 45.8 Å². The molecule has 6 heteroatoms. The average Bonchev–Trinajstić information content (AvgIpc) is 3.05. The number of fused-ring (bicyclic) bond motifs is 1. The molecule has 1 N–H and O–H groups in total. The Morgan fingerprint density at radius 3 is 2.90 bits per heavy atom. The Hall–Kier alpha value is -2.34. The maximum atomic E-state index is 12.6. The van der Waals surface area contributed by atoms with E-state index in [-0.39, 0.29) is 11.9 Å². The molecule has 29 heavy (non-hydrogen) atoms. The number of anilines is 1. The molecule has 0 spiro atoms. The highest BCUT2D eigenvalue weighted by atomic mass is 32.1. The lowest BCUT2D eigenvalue weighted by molar-refractivity contribution is -0.116. The number of carbonyl (C=O) groups excluding carboxylic acids is 2. The fourth-order valence-electron chi connectivity index (χ4n) is 3.72. The zero-order valence-corrected chi connectivity index (χ0v) is 18.2. The van der Waals surface area contributed by atoms with Crippen LogP contribution in [-0.4, -0.2) is 25.1 Å². The van der Waals surface area contributed by atoms with E-state index in [1.807, 2.05) is 31.2 Å². The molecule has 3 rings (SSSR count). The van der Waals surface area contributed by atoms with Crippen LogP contribution in [0.4, 0.5) is 5.00 Å². The molecule has 0 saturated heterocycles. The Kier molecular flexibility index (Phi) is 7.31. The van der Waals surface area contributed by atoms with Gasteiger partial charge in [0, 0.05) is 11.3 Å². The van der Waals surface area contributed by atoms with E-state index < -0.39 is 0 Å². The minimum Gasteiger partial charge on any atom is -0.494 e. The number of ether oxygens (including phenoxy) is 2. The third-order valence-electron chi connectivity index (χ3n) is 5.09. The molecule has 1 aromatic carbocycles. The minimum absolute atomic E-state index is 0.102. The summed E-state index contributed by atoms with van der Waals surface area (Å²) >= 11 is 1.52. The van der Waals surface area contributed by atoms with Crippen molar-refractivity contribution in [2.75, 3.05) is 18.5 Å². The quantitative estimate of drug-likeness (QED) is 0.459. The number of nitrogens with one attached hydrogen (secondary N) is 1. The zero-order chi connectivity index (χ0) is 20.8. The smallest absolute Gasteiger partial charge is 0.341 e. The van der Waals surface area contributed by atoms with Gasteiger partial charge in [-0.2, -0.15) is 0 Å². The molecule has 0 bridgehead atoms. The second-order valence-corrected chi connectivity index (χ2v) is 8.58. The van der Waals surface area contributed by atoms with Gasteiger partial charge in [-0.3, -0.25) is 4.79 Å². The maximum absolute atomic E-state index is 12.6. The summed E-state index contributed by atoms with van der Waals surface area (Å²) in [6.45, 7) is 6.75. The summed E-state index contributed by atoms with van der Waals surface area (Å²) in [6, 6.07) is 7.86. The Morgan fingerprint density at radius 2 is 2.14 bits per heavy atom. The molecule has 1 amide bonds. The molecular formula is C23H29NO4S. The van der Waals surface area contributed by atoms with Crippen molar-refractivity contribution >= 4 is 28.2 Å². The van der Waals surface area contributed by atoms with Gasteiger partial charge in [0.1, 0.15) is 10.8 Å². The van der Waals surface area contributed by atoms with Gasteiger partial charge in [0.05, 0.1) is 18.8 Å². The summed E-state index contributed by atoms with van der Waals surface area (Å²) in [5.74, 6) is 0.684.